The largest absolute Gasteiger partial charge is 0.453 e. The van der Waals surface area contributed by atoms with Crippen molar-refractivity contribution in [2.75, 3.05) is 13.2 Å². The number of hydrogen-bond acceptors (Lipinski definition) is 4. The third-order valence-electron chi connectivity index (χ3n) is 5.18. The van der Waals surface area contributed by atoms with Gasteiger partial charge in [-0.25, -0.2) is 0 Å². The predicted molar refractivity (Wildman–Crippen MR) is 103 cm³/mol. The van der Waals surface area contributed by atoms with Crippen molar-refractivity contribution >= 4 is 26.8 Å². The van der Waals surface area contributed by atoms with Gasteiger partial charge in [0.05, 0.1) is 23.4 Å². The van der Waals surface area contributed by atoms with E-state index < -0.39 is 0 Å². The monoisotopic (exact) mass is 413 g/mol. The van der Waals surface area contributed by atoms with Gasteiger partial charge in [0.25, 0.3) is 0 Å². The summed E-state index contributed by atoms with van der Waals surface area (Å²) in [6.45, 7) is 1.62. The van der Waals surface area contributed by atoms with Gasteiger partial charge >= 0.3 is 0 Å². The van der Waals surface area contributed by atoms with E-state index in [0.717, 1.165) is 52.9 Å². The molecule has 1 aliphatic heterocycles. The maximum atomic E-state index is 6.40. The molecule has 1 saturated carbocycles. The van der Waals surface area contributed by atoms with Crippen molar-refractivity contribution in [3.63, 3.8) is 0 Å². The number of rotatable bonds is 4. The van der Waals surface area contributed by atoms with Gasteiger partial charge in [-0.1, -0.05) is 15.9 Å². The highest BCUT2D eigenvalue weighted by Gasteiger charge is 2.32. The second kappa shape index (κ2) is 6.67. The van der Waals surface area contributed by atoms with E-state index in [2.05, 4.69) is 30.7 Å². The average molecular weight is 414 g/mol. The number of ether oxygens (including phenoxy) is 2. The van der Waals surface area contributed by atoms with Gasteiger partial charge < -0.3 is 9.47 Å². The molecular weight excluding hydrogens is 394 g/mol. The summed E-state index contributed by atoms with van der Waals surface area (Å²) in [5, 5.41) is 5.68. The number of nitrogens with zero attached hydrogens (tertiary/aromatic N) is 3. The van der Waals surface area contributed by atoms with Crippen LogP contribution in [-0.2, 0) is 4.74 Å². The molecule has 0 bridgehead atoms. The van der Waals surface area contributed by atoms with Gasteiger partial charge in [0.1, 0.15) is 5.75 Å². The SMILES string of the molecule is Brc1ccc2c(Oc3cnn(C4CC4)c3C3CCOCC3)ccnc2c1. The Morgan fingerprint density at radius 3 is 2.73 bits per heavy atom. The Labute approximate surface area is 160 Å². The molecule has 1 aliphatic carbocycles. The molecule has 134 valence electrons. The number of benzene rings is 1. The van der Waals surface area contributed by atoms with Crippen molar-refractivity contribution < 1.29 is 9.47 Å². The lowest BCUT2D eigenvalue weighted by atomic mass is 9.96. The molecule has 1 aromatic carbocycles. The molecule has 3 aromatic rings. The summed E-state index contributed by atoms with van der Waals surface area (Å²) in [4.78, 5) is 4.45. The van der Waals surface area contributed by atoms with Gasteiger partial charge in [0, 0.05) is 35.2 Å². The Balaban J connectivity index is 1.55. The highest BCUT2D eigenvalue weighted by molar-refractivity contribution is 9.10. The van der Waals surface area contributed by atoms with E-state index in [4.69, 9.17) is 9.47 Å². The van der Waals surface area contributed by atoms with Crippen LogP contribution >= 0.6 is 15.9 Å². The first-order valence-corrected chi connectivity index (χ1v) is 9.96. The number of pyridine rings is 1. The molecule has 26 heavy (non-hydrogen) atoms. The molecule has 5 nitrogen and oxygen atoms in total. The zero-order chi connectivity index (χ0) is 17.5. The summed E-state index contributed by atoms with van der Waals surface area (Å²) < 4.78 is 15.2. The van der Waals surface area contributed by atoms with Crippen molar-refractivity contribution in [1.82, 2.24) is 14.8 Å². The second-order valence-electron chi connectivity index (χ2n) is 7.03. The van der Waals surface area contributed by atoms with E-state index in [9.17, 15) is 0 Å². The molecule has 5 rings (SSSR count). The average Bonchev–Trinajstić information content (AvgIpc) is 3.43. The molecule has 1 saturated heterocycles. The molecule has 0 N–H and O–H groups in total. The summed E-state index contributed by atoms with van der Waals surface area (Å²) >= 11 is 3.51. The Morgan fingerprint density at radius 2 is 1.92 bits per heavy atom. The smallest absolute Gasteiger partial charge is 0.168 e. The van der Waals surface area contributed by atoms with Crippen LogP contribution in [0.2, 0.25) is 0 Å². The Bertz CT molecular complexity index is 945. The van der Waals surface area contributed by atoms with Crippen LogP contribution in [0, 0.1) is 0 Å². The molecule has 0 radical (unpaired) electrons. The first-order chi connectivity index (χ1) is 12.8. The molecule has 0 unspecified atom stereocenters. The van der Waals surface area contributed by atoms with Crippen molar-refractivity contribution in [2.45, 2.75) is 37.6 Å². The number of aromatic nitrogens is 3. The Morgan fingerprint density at radius 1 is 1.08 bits per heavy atom. The second-order valence-corrected chi connectivity index (χ2v) is 7.94. The summed E-state index contributed by atoms with van der Waals surface area (Å²) in [5.41, 5.74) is 2.15. The minimum Gasteiger partial charge on any atom is -0.453 e. The number of fused-ring (bicyclic) bond motifs is 1. The van der Waals surface area contributed by atoms with E-state index >= 15 is 0 Å². The van der Waals surface area contributed by atoms with Crippen LogP contribution in [0.25, 0.3) is 10.9 Å². The summed E-state index contributed by atoms with van der Waals surface area (Å²) in [5.74, 6) is 2.15. The Hall–Kier alpha value is -1.92. The third kappa shape index (κ3) is 3.01. The van der Waals surface area contributed by atoms with Crippen LogP contribution in [0.3, 0.4) is 0 Å². The van der Waals surface area contributed by atoms with E-state index in [1.165, 1.54) is 18.5 Å². The molecule has 0 amide bonds. The summed E-state index contributed by atoms with van der Waals surface area (Å²) in [6.07, 6.45) is 8.16. The highest BCUT2D eigenvalue weighted by Crippen LogP contribution is 2.43. The highest BCUT2D eigenvalue weighted by atomic mass is 79.9. The normalized spacial score (nSPS) is 18.3. The van der Waals surface area contributed by atoms with Crippen LogP contribution < -0.4 is 4.74 Å². The standard InChI is InChI=1S/C20H20BrN3O2/c21-14-1-4-16-17(11-14)22-8-5-18(16)26-19-12-23-24(15-2-3-15)20(19)13-6-9-25-10-7-13/h1,4-5,8,11-13,15H,2-3,6-7,9-10H2. The first-order valence-electron chi connectivity index (χ1n) is 9.17. The van der Waals surface area contributed by atoms with E-state index in [1.807, 2.05) is 30.5 Å². The van der Waals surface area contributed by atoms with Gasteiger partial charge in [-0.05, 0) is 49.9 Å². The fourth-order valence-corrected chi connectivity index (χ4v) is 4.06. The molecule has 0 spiro atoms. The molecule has 0 atom stereocenters. The number of halogens is 1. The molecule has 2 fully saturated rings. The van der Waals surface area contributed by atoms with Gasteiger partial charge in [-0.15, -0.1) is 0 Å². The van der Waals surface area contributed by atoms with E-state index in [1.54, 1.807) is 6.20 Å². The van der Waals surface area contributed by atoms with Gasteiger partial charge in [0.2, 0.25) is 0 Å². The summed E-state index contributed by atoms with van der Waals surface area (Å²) in [7, 11) is 0. The van der Waals surface area contributed by atoms with Crippen LogP contribution in [0.15, 0.2) is 41.1 Å². The van der Waals surface area contributed by atoms with E-state index in [0.29, 0.717) is 12.0 Å². The van der Waals surface area contributed by atoms with Crippen LogP contribution in [0.5, 0.6) is 11.5 Å². The lowest BCUT2D eigenvalue weighted by Crippen LogP contribution is -2.18. The minimum atomic E-state index is 0.448. The maximum Gasteiger partial charge on any atom is 0.168 e. The quantitative estimate of drug-likeness (QED) is 0.588. The number of hydrogen-bond donors (Lipinski definition) is 0. The molecule has 2 aromatic heterocycles. The first kappa shape index (κ1) is 16.3. The molecule has 6 heteroatoms. The fourth-order valence-electron chi connectivity index (χ4n) is 3.71. The Kier molecular flexibility index (Phi) is 4.17. The topological polar surface area (TPSA) is 49.2 Å². The van der Waals surface area contributed by atoms with Crippen LogP contribution in [-0.4, -0.2) is 28.0 Å². The van der Waals surface area contributed by atoms with Gasteiger partial charge in [-0.2, -0.15) is 5.10 Å². The van der Waals surface area contributed by atoms with Crippen molar-refractivity contribution in [1.29, 1.82) is 0 Å². The predicted octanol–water partition coefficient (Wildman–Crippen LogP) is 5.22. The zero-order valence-corrected chi connectivity index (χ0v) is 16.0. The van der Waals surface area contributed by atoms with Crippen molar-refractivity contribution in [3.8, 4) is 11.5 Å². The molecule has 2 aliphatic rings. The zero-order valence-electron chi connectivity index (χ0n) is 14.4. The third-order valence-corrected chi connectivity index (χ3v) is 5.68. The minimum absolute atomic E-state index is 0.448. The van der Waals surface area contributed by atoms with Crippen LogP contribution in [0.1, 0.15) is 43.3 Å². The molecular formula is C20H20BrN3O2. The fraction of sp³-hybridized carbons (Fsp3) is 0.400. The maximum absolute atomic E-state index is 6.40. The van der Waals surface area contributed by atoms with Crippen LogP contribution in [0.4, 0.5) is 0 Å². The lowest BCUT2D eigenvalue weighted by Gasteiger charge is -2.24. The summed E-state index contributed by atoms with van der Waals surface area (Å²) in [6, 6.07) is 8.54. The lowest BCUT2D eigenvalue weighted by molar-refractivity contribution is 0.0830. The van der Waals surface area contributed by atoms with E-state index in [-0.39, 0.29) is 0 Å². The van der Waals surface area contributed by atoms with Crippen molar-refractivity contribution in [3.05, 3.63) is 46.8 Å². The van der Waals surface area contributed by atoms with Gasteiger partial charge in [0.15, 0.2) is 5.75 Å². The molecule has 3 heterocycles. The van der Waals surface area contributed by atoms with Crippen molar-refractivity contribution in [2.24, 2.45) is 0 Å². The van der Waals surface area contributed by atoms with Gasteiger partial charge in [-0.3, -0.25) is 9.67 Å².